The number of nitrogen functional groups attached to an aromatic ring is 1. The summed E-state index contributed by atoms with van der Waals surface area (Å²) < 4.78 is 7.85. The SMILES string of the molecule is CCN(C(=O)COC(=O)c1ccc2nncn2c1)c1c(N)n(Cc2ccccc2)c(=O)[nH]c1=O. The molecule has 4 rings (SSSR count). The van der Waals surface area contributed by atoms with E-state index in [1.165, 1.54) is 27.6 Å². The van der Waals surface area contributed by atoms with Gasteiger partial charge in [-0.05, 0) is 24.6 Å². The van der Waals surface area contributed by atoms with Crippen molar-refractivity contribution >= 4 is 29.0 Å². The van der Waals surface area contributed by atoms with E-state index >= 15 is 0 Å². The zero-order chi connectivity index (χ0) is 24.2. The van der Waals surface area contributed by atoms with Gasteiger partial charge in [0.1, 0.15) is 12.1 Å². The number of pyridine rings is 1. The lowest BCUT2D eigenvalue weighted by molar-refractivity contribution is -0.121. The molecule has 12 nitrogen and oxygen atoms in total. The van der Waals surface area contributed by atoms with Crippen LogP contribution in [0.4, 0.5) is 11.5 Å². The smallest absolute Gasteiger partial charge is 0.340 e. The van der Waals surface area contributed by atoms with Crippen LogP contribution in [0, 0.1) is 0 Å². The van der Waals surface area contributed by atoms with Crippen LogP contribution in [0.5, 0.6) is 0 Å². The Morgan fingerprint density at radius 2 is 1.91 bits per heavy atom. The molecule has 174 valence electrons. The second-order valence-corrected chi connectivity index (χ2v) is 7.29. The van der Waals surface area contributed by atoms with E-state index in [9.17, 15) is 19.2 Å². The van der Waals surface area contributed by atoms with Crippen molar-refractivity contribution in [1.82, 2.24) is 24.1 Å². The lowest BCUT2D eigenvalue weighted by atomic mass is 10.2. The Kier molecular flexibility index (Phi) is 6.21. The molecule has 3 heterocycles. The topological polar surface area (TPSA) is 158 Å². The van der Waals surface area contributed by atoms with E-state index in [1.54, 1.807) is 37.3 Å². The highest BCUT2D eigenvalue weighted by Gasteiger charge is 2.24. The van der Waals surface area contributed by atoms with Crippen molar-refractivity contribution < 1.29 is 14.3 Å². The lowest BCUT2D eigenvalue weighted by Crippen LogP contribution is -2.42. The molecule has 0 atom stereocenters. The van der Waals surface area contributed by atoms with Gasteiger partial charge in [-0.3, -0.25) is 23.5 Å². The Balaban J connectivity index is 1.55. The van der Waals surface area contributed by atoms with Crippen molar-refractivity contribution in [3.05, 3.63) is 87.0 Å². The number of nitrogens with two attached hydrogens (primary N) is 1. The van der Waals surface area contributed by atoms with Gasteiger partial charge in [0.25, 0.3) is 11.5 Å². The first-order valence-corrected chi connectivity index (χ1v) is 10.3. The summed E-state index contributed by atoms with van der Waals surface area (Å²) in [6, 6.07) is 12.1. The number of fused-ring (bicyclic) bond motifs is 1. The summed E-state index contributed by atoms with van der Waals surface area (Å²) in [6.45, 7) is 1.15. The fourth-order valence-electron chi connectivity index (χ4n) is 3.46. The Bertz CT molecular complexity index is 1470. The van der Waals surface area contributed by atoms with E-state index in [1.807, 2.05) is 6.07 Å². The van der Waals surface area contributed by atoms with Gasteiger partial charge in [-0.25, -0.2) is 9.59 Å². The van der Waals surface area contributed by atoms with Crippen LogP contribution in [0.3, 0.4) is 0 Å². The summed E-state index contributed by atoms with van der Waals surface area (Å²) in [5.74, 6) is -1.59. The molecule has 1 amide bonds. The van der Waals surface area contributed by atoms with E-state index in [0.29, 0.717) is 5.65 Å². The molecule has 3 aromatic heterocycles. The number of nitrogens with zero attached hydrogens (tertiary/aromatic N) is 5. The molecular weight excluding hydrogens is 442 g/mol. The third kappa shape index (κ3) is 4.41. The van der Waals surface area contributed by atoms with Gasteiger partial charge in [-0.15, -0.1) is 10.2 Å². The molecule has 1 aromatic carbocycles. The Hall–Kier alpha value is -4.74. The number of carbonyl (C=O) groups excluding carboxylic acids is 2. The predicted molar refractivity (Wildman–Crippen MR) is 123 cm³/mol. The molecule has 0 radical (unpaired) electrons. The number of esters is 1. The number of aromatic amines is 1. The molecule has 0 unspecified atom stereocenters. The molecule has 0 aliphatic heterocycles. The van der Waals surface area contributed by atoms with Gasteiger partial charge in [-0.2, -0.15) is 0 Å². The molecule has 4 aromatic rings. The minimum absolute atomic E-state index is 0.0554. The summed E-state index contributed by atoms with van der Waals surface area (Å²) in [7, 11) is 0. The summed E-state index contributed by atoms with van der Waals surface area (Å²) in [6.07, 6.45) is 2.90. The van der Waals surface area contributed by atoms with E-state index in [-0.39, 0.29) is 30.2 Å². The van der Waals surface area contributed by atoms with E-state index < -0.39 is 29.7 Å². The first-order valence-electron chi connectivity index (χ1n) is 10.3. The number of anilines is 2. The molecule has 12 heteroatoms. The number of hydrogen-bond donors (Lipinski definition) is 2. The first-order chi connectivity index (χ1) is 16.4. The lowest BCUT2D eigenvalue weighted by Gasteiger charge is -2.23. The van der Waals surface area contributed by atoms with Crippen molar-refractivity contribution in [3.8, 4) is 0 Å². The number of rotatable bonds is 7. The van der Waals surface area contributed by atoms with Crippen LogP contribution < -0.4 is 21.9 Å². The molecular formula is C22H21N7O5. The van der Waals surface area contributed by atoms with Gasteiger partial charge in [0.05, 0.1) is 12.1 Å². The van der Waals surface area contributed by atoms with Crippen LogP contribution in [-0.4, -0.2) is 49.2 Å². The van der Waals surface area contributed by atoms with Crippen LogP contribution in [0.2, 0.25) is 0 Å². The average molecular weight is 463 g/mol. The van der Waals surface area contributed by atoms with Crippen LogP contribution in [0.25, 0.3) is 5.65 Å². The van der Waals surface area contributed by atoms with E-state index in [4.69, 9.17) is 10.5 Å². The number of carbonyl (C=O) groups is 2. The maximum absolute atomic E-state index is 12.9. The summed E-state index contributed by atoms with van der Waals surface area (Å²) in [5.41, 5.74) is 5.98. The van der Waals surface area contributed by atoms with Crippen molar-refractivity contribution in [1.29, 1.82) is 0 Å². The Morgan fingerprint density at radius 3 is 2.65 bits per heavy atom. The average Bonchev–Trinajstić information content (AvgIpc) is 3.31. The predicted octanol–water partition coefficient (Wildman–Crippen LogP) is 0.420. The number of nitrogens with one attached hydrogen (secondary N) is 1. The third-order valence-corrected chi connectivity index (χ3v) is 5.14. The van der Waals surface area contributed by atoms with Crippen LogP contribution in [0.1, 0.15) is 22.8 Å². The van der Waals surface area contributed by atoms with Crippen molar-refractivity contribution in [3.63, 3.8) is 0 Å². The van der Waals surface area contributed by atoms with Gasteiger partial charge in [0.15, 0.2) is 17.9 Å². The molecule has 0 saturated carbocycles. The quantitative estimate of drug-likeness (QED) is 0.373. The molecule has 0 aliphatic rings. The molecule has 3 N–H and O–H groups in total. The fraction of sp³-hybridized carbons (Fsp3) is 0.182. The van der Waals surface area contributed by atoms with Gasteiger partial charge >= 0.3 is 11.7 Å². The van der Waals surface area contributed by atoms with Crippen LogP contribution in [-0.2, 0) is 16.1 Å². The maximum Gasteiger partial charge on any atom is 0.340 e. The normalized spacial score (nSPS) is 10.9. The number of amides is 1. The Morgan fingerprint density at radius 1 is 1.15 bits per heavy atom. The summed E-state index contributed by atoms with van der Waals surface area (Å²) >= 11 is 0. The van der Waals surface area contributed by atoms with Crippen LogP contribution in [0.15, 0.2) is 64.6 Å². The number of aromatic nitrogens is 5. The number of hydrogen-bond acceptors (Lipinski definition) is 8. The second kappa shape index (κ2) is 9.40. The molecule has 0 spiro atoms. The second-order valence-electron chi connectivity index (χ2n) is 7.29. The summed E-state index contributed by atoms with van der Waals surface area (Å²) in [4.78, 5) is 53.5. The fourth-order valence-corrected chi connectivity index (χ4v) is 3.46. The minimum Gasteiger partial charge on any atom is -0.452 e. The molecule has 0 fully saturated rings. The highest BCUT2D eigenvalue weighted by Crippen LogP contribution is 2.18. The summed E-state index contributed by atoms with van der Waals surface area (Å²) in [5, 5.41) is 7.58. The van der Waals surface area contributed by atoms with Gasteiger partial charge < -0.3 is 15.4 Å². The van der Waals surface area contributed by atoms with Gasteiger partial charge in [0.2, 0.25) is 0 Å². The minimum atomic E-state index is -0.814. The largest absolute Gasteiger partial charge is 0.452 e. The van der Waals surface area contributed by atoms with Crippen LogP contribution >= 0.6 is 0 Å². The standard InChI is InChI=1S/C22H21N7O5/c1-2-28(17(30)12-34-21(32)15-8-9-16-26-24-13-27(16)11-15)18-19(23)29(22(33)25-20(18)31)10-14-6-4-3-5-7-14/h3-9,11,13H,2,10,12,23H2,1H3,(H,25,31,33). The Labute approximate surface area is 192 Å². The highest BCUT2D eigenvalue weighted by molar-refractivity contribution is 5.98. The van der Waals surface area contributed by atoms with Crippen molar-refractivity contribution in [2.75, 3.05) is 23.8 Å². The number of likely N-dealkylation sites (N-methyl/N-ethyl adjacent to an activating group) is 1. The number of ether oxygens (including phenoxy) is 1. The highest BCUT2D eigenvalue weighted by atomic mass is 16.5. The molecule has 0 aliphatic carbocycles. The van der Waals surface area contributed by atoms with Crippen molar-refractivity contribution in [2.45, 2.75) is 13.5 Å². The maximum atomic E-state index is 12.9. The monoisotopic (exact) mass is 463 g/mol. The molecule has 0 saturated heterocycles. The van der Waals surface area contributed by atoms with E-state index in [0.717, 1.165) is 10.5 Å². The van der Waals surface area contributed by atoms with E-state index in [2.05, 4.69) is 15.2 Å². The first kappa shape index (κ1) is 22.5. The molecule has 34 heavy (non-hydrogen) atoms. The third-order valence-electron chi connectivity index (χ3n) is 5.14. The zero-order valence-electron chi connectivity index (χ0n) is 18.2. The van der Waals surface area contributed by atoms with Gasteiger partial charge in [0, 0.05) is 12.7 Å². The number of H-pyrrole nitrogens is 1. The zero-order valence-corrected chi connectivity index (χ0v) is 18.2. The van der Waals surface area contributed by atoms with Crippen molar-refractivity contribution in [2.24, 2.45) is 0 Å². The van der Waals surface area contributed by atoms with Gasteiger partial charge in [-0.1, -0.05) is 30.3 Å². The molecule has 0 bridgehead atoms. The number of benzene rings is 1.